The van der Waals surface area contributed by atoms with Crippen LogP contribution in [0, 0.1) is 13.8 Å². The van der Waals surface area contributed by atoms with Crippen molar-refractivity contribution < 1.29 is 10.1 Å². The molecule has 0 radical (unpaired) electrons. The molecule has 0 saturated carbocycles. The molecule has 0 aliphatic rings. The van der Waals surface area contributed by atoms with E-state index in [1.54, 1.807) is 6.07 Å². The van der Waals surface area contributed by atoms with Crippen molar-refractivity contribution in [2.24, 2.45) is 0 Å². The minimum absolute atomic E-state index is 0.519. The second kappa shape index (κ2) is 2.71. The third kappa shape index (κ3) is 1.28. The summed E-state index contributed by atoms with van der Waals surface area (Å²) in [4.78, 5) is 4.10. The van der Waals surface area contributed by atoms with E-state index in [0.29, 0.717) is 5.75 Å². The van der Waals surface area contributed by atoms with Crippen molar-refractivity contribution in [3.05, 3.63) is 29.3 Å². The summed E-state index contributed by atoms with van der Waals surface area (Å²) in [6.07, 6.45) is 0. The molecule has 54 valence electrons. The first-order valence-corrected chi connectivity index (χ1v) is 3.12. The minimum Gasteiger partial charge on any atom is -0.340 e. The highest BCUT2D eigenvalue weighted by atomic mass is 17.1. The van der Waals surface area contributed by atoms with Gasteiger partial charge in [0.1, 0.15) is 0 Å². The molecule has 0 spiro atoms. The first-order chi connectivity index (χ1) is 4.74. The normalized spacial score (nSPS) is 9.50. The van der Waals surface area contributed by atoms with Crippen molar-refractivity contribution >= 4 is 0 Å². The number of hydrogen-bond donors (Lipinski definition) is 1. The van der Waals surface area contributed by atoms with Crippen molar-refractivity contribution in [3.63, 3.8) is 0 Å². The van der Waals surface area contributed by atoms with Gasteiger partial charge in [-0.1, -0.05) is 17.7 Å². The molecule has 0 bridgehead atoms. The highest BCUT2D eigenvalue weighted by molar-refractivity contribution is 5.34. The van der Waals surface area contributed by atoms with Crippen molar-refractivity contribution in [1.82, 2.24) is 0 Å². The van der Waals surface area contributed by atoms with Crippen LogP contribution in [0.25, 0.3) is 0 Å². The maximum absolute atomic E-state index is 8.31. The van der Waals surface area contributed by atoms with Crippen LogP contribution in [0.4, 0.5) is 0 Å². The van der Waals surface area contributed by atoms with Gasteiger partial charge >= 0.3 is 0 Å². The molecular weight excluding hydrogens is 128 g/mol. The van der Waals surface area contributed by atoms with Crippen LogP contribution in [0.3, 0.4) is 0 Å². The fraction of sp³-hybridized carbons (Fsp3) is 0.250. The molecule has 0 amide bonds. The van der Waals surface area contributed by atoms with Crippen molar-refractivity contribution in [2.45, 2.75) is 13.8 Å². The summed E-state index contributed by atoms with van der Waals surface area (Å²) < 4.78 is 0. The molecule has 0 fully saturated rings. The lowest BCUT2D eigenvalue weighted by Gasteiger charge is -2.00. The summed E-state index contributed by atoms with van der Waals surface area (Å²) in [6.45, 7) is 3.88. The molecule has 0 aromatic heterocycles. The molecule has 1 N–H and O–H groups in total. The first kappa shape index (κ1) is 7.09. The molecule has 0 heterocycles. The number of aryl methyl sites for hydroxylation is 2. The monoisotopic (exact) mass is 138 g/mol. The lowest BCUT2D eigenvalue weighted by Crippen LogP contribution is -1.87. The Morgan fingerprint density at radius 3 is 2.50 bits per heavy atom. The Hall–Kier alpha value is -1.02. The Bertz CT molecular complexity index is 231. The Labute approximate surface area is 60.0 Å². The fourth-order valence-corrected chi connectivity index (χ4v) is 0.902. The summed E-state index contributed by atoms with van der Waals surface area (Å²) in [5.41, 5.74) is 2.11. The van der Waals surface area contributed by atoms with Crippen LogP contribution in [0.2, 0.25) is 0 Å². The predicted molar refractivity (Wildman–Crippen MR) is 39.2 cm³/mol. The van der Waals surface area contributed by atoms with E-state index in [-0.39, 0.29) is 0 Å². The molecule has 2 nitrogen and oxygen atoms in total. The largest absolute Gasteiger partial charge is 0.340 e. The molecule has 10 heavy (non-hydrogen) atoms. The number of rotatable bonds is 1. The van der Waals surface area contributed by atoms with Gasteiger partial charge in [-0.3, -0.25) is 0 Å². The lowest BCUT2D eigenvalue weighted by atomic mass is 10.1. The van der Waals surface area contributed by atoms with Crippen molar-refractivity contribution in [1.29, 1.82) is 0 Å². The van der Waals surface area contributed by atoms with E-state index in [0.717, 1.165) is 5.56 Å². The molecule has 2 heteroatoms. The Kier molecular flexibility index (Phi) is 1.92. The van der Waals surface area contributed by atoms with Crippen LogP contribution in [0.1, 0.15) is 11.1 Å². The SMILES string of the molecule is Cc1ccc(OO)c(C)c1. The van der Waals surface area contributed by atoms with Gasteiger partial charge in [0.05, 0.1) is 0 Å². The summed E-state index contributed by atoms with van der Waals surface area (Å²) in [6, 6.07) is 5.58. The van der Waals surface area contributed by atoms with E-state index >= 15 is 0 Å². The van der Waals surface area contributed by atoms with E-state index in [9.17, 15) is 0 Å². The smallest absolute Gasteiger partial charge is 0.168 e. The van der Waals surface area contributed by atoms with Crippen LogP contribution in [0.15, 0.2) is 18.2 Å². The first-order valence-electron chi connectivity index (χ1n) is 3.12. The second-order valence-corrected chi connectivity index (χ2v) is 2.36. The third-order valence-electron chi connectivity index (χ3n) is 1.43. The quantitative estimate of drug-likeness (QED) is 0.476. The highest BCUT2D eigenvalue weighted by Gasteiger charge is 1.96. The fourth-order valence-electron chi connectivity index (χ4n) is 0.902. The van der Waals surface area contributed by atoms with E-state index < -0.39 is 0 Å². The molecular formula is C8H10O2. The van der Waals surface area contributed by atoms with Crippen molar-refractivity contribution in [2.75, 3.05) is 0 Å². The Morgan fingerprint density at radius 2 is 2.00 bits per heavy atom. The van der Waals surface area contributed by atoms with Crippen LogP contribution in [-0.2, 0) is 0 Å². The maximum atomic E-state index is 8.31. The highest BCUT2D eigenvalue weighted by Crippen LogP contribution is 2.17. The van der Waals surface area contributed by atoms with Gasteiger partial charge in [0.15, 0.2) is 5.75 Å². The zero-order valence-electron chi connectivity index (χ0n) is 6.09. The van der Waals surface area contributed by atoms with Gasteiger partial charge < -0.3 is 4.89 Å². The van der Waals surface area contributed by atoms with Crippen molar-refractivity contribution in [3.8, 4) is 5.75 Å². The topological polar surface area (TPSA) is 29.5 Å². The van der Waals surface area contributed by atoms with Gasteiger partial charge in [0.25, 0.3) is 0 Å². The molecule has 0 aliphatic carbocycles. The molecule has 0 atom stereocenters. The van der Waals surface area contributed by atoms with Gasteiger partial charge in [-0.05, 0) is 25.5 Å². The number of hydrogen-bond acceptors (Lipinski definition) is 2. The molecule has 0 unspecified atom stereocenters. The van der Waals surface area contributed by atoms with Gasteiger partial charge in [-0.2, -0.15) is 0 Å². The Morgan fingerprint density at radius 1 is 1.30 bits per heavy atom. The van der Waals surface area contributed by atoms with Crippen LogP contribution in [0.5, 0.6) is 5.75 Å². The molecule has 1 rings (SSSR count). The molecule has 0 saturated heterocycles. The second-order valence-electron chi connectivity index (χ2n) is 2.36. The van der Waals surface area contributed by atoms with Gasteiger partial charge in [0, 0.05) is 0 Å². The van der Waals surface area contributed by atoms with Crippen LogP contribution < -0.4 is 4.89 Å². The predicted octanol–water partition coefficient (Wildman–Crippen LogP) is 2.16. The molecule has 1 aromatic carbocycles. The van der Waals surface area contributed by atoms with Gasteiger partial charge in [-0.15, -0.1) is 0 Å². The third-order valence-corrected chi connectivity index (χ3v) is 1.43. The zero-order valence-corrected chi connectivity index (χ0v) is 6.09. The van der Waals surface area contributed by atoms with E-state index in [4.69, 9.17) is 5.26 Å². The number of benzene rings is 1. The lowest BCUT2D eigenvalue weighted by molar-refractivity contribution is -0.138. The van der Waals surface area contributed by atoms with E-state index in [1.165, 1.54) is 5.56 Å². The average molecular weight is 138 g/mol. The van der Waals surface area contributed by atoms with E-state index in [1.807, 2.05) is 26.0 Å². The van der Waals surface area contributed by atoms with E-state index in [2.05, 4.69) is 4.89 Å². The van der Waals surface area contributed by atoms with Gasteiger partial charge in [-0.25, -0.2) is 5.26 Å². The van der Waals surface area contributed by atoms with Gasteiger partial charge in [0.2, 0.25) is 0 Å². The maximum Gasteiger partial charge on any atom is 0.168 e. The Balaban J connectivity index is 3.07. The molecule has 1 aromatic rings. The summed E-state index contributed by atoms with van der Waals surface area (Å²) in [7, 11) is 0. The summed E-state index contributed by atoms with van der Waals surface area (Å²) in [5.74, 6) is 0.519. The summed E-state index contributed by atoms with van der Waals surface area (Å²) in [5, 5.41) is 8.31. The minimum atomic E-state index is 0.519. The van der Waals surface area contributed by atoms with Crippen LogP contribution >= 0.6 is 0 Å². The van der Waals surface area contributed by atoms with Crippen LogP contribution in [-0.4, -0.2) is 5.26 Å². The standard InChI is InChI=1S/C8H10O2/c1-6-3-4-8(10-9)7(2)5-6/h3-5,9H,1-2H3. The summed E-state index contributed by atoms with van der Waals surface area (Å²) >= 11 is 0. The molecule has 0 aliphatic heterocycles. The zero-order chi connectivity index (χ0) is 7.56. The average Bonchev–Trinajstić information content (AvgIpc) is 1.88.